The molecule has 0 amide bonds. The molecule has 0 aromatic carbocycles. The van der Waals surface area contributed by atoms with Crippen LogP contribution in [0.5, 0.6) is 0 Å². The average Bonchev–Trinajstić information content (AvgIpc) is 1.27. The van der Waals surface area contributed by atoms with E-state index in [4.69, 9.17) is 37.2 Å². The zero-order valence-corrected chi connectivity index (χ0v) is 11.0. The summed E-state index contributed by atoms with van der Waals surface area (Å²) in [6, 6.07) is 0. The van der Waals surface area contributed by atoms with Crippen LogP contribution in [0.25, 0.3) is 0 Å². The third kappa shape index (κ3) is 4.51. The third-order valence-electron chi connectivity index (χ3n) is 0.286. The van der Waals surface area contributed by atoms with E-state index >= 15 is 0 Å². The standard InChI is InChI=1S/CBr2.4ClH.Ti/c2-1-3;;;;;/h;4*1H;/q;;;;;+4/p-4. The van der Waals surface area contributed by atoms with Gasteiger partial charge in [-0.3, -0.25) is 0 Å². The van der Waals surface area contributed by atoms with Crippen molar-refractivity contribution in [3.05, 3.63) is 0 Å². The summed E-state index contributed by atoms with van der Waals surface area (Å²) in [7, 11) is 17.8. The van der Waals surface area contributed by atoms with Crippen molar-refractivity contribution in [2.75, 3.05) is 0 Å². The van der Waals surface area contributed by atoms with Crippen LogP contribution < -0.4 is 0 Å². The second-order valence-corrected chi connectivity index (χ2v) is 26.6. The van der Waals surface area contributed by atoms with Gasteiger partial charge in [-0.2, -0.15) is 0 Å². The van der Waals surface area contributed by atoms with Gasteiger partial charge in [-0.1, -0.05) is 0 Å². The molecular formula is CBr2Cl4Ti. The van der Waals surface area contributed by atoms with Crippen molar-refractivity contribution in [2.45, 2.75) is 0 Å². The Kier molecular flexibility index (Phi) is 3.99. The number of rotatable bonds is 0. The first-order chi connectivity index (χ1) is 3.20. The summed E-state index contributed by atoms with van der Waals surface area (Å²) in [6.07, 6.45) is 0. The van der Waals surface area contributed by atoms with Crippen LogP contribution in [-0.4, -0.2) is 1.63 Å². The van der Waals surface area contributed by atoms with Crippen molar-refractivity contribution in [3.63, 3.8) is 0 Å². The Morgan fingerprint density at radius 1 is 1.00 bits per heavy atom. The van der Waals surface area contributed by atoms with E-state index in [9.17, 15) is 0 Å². The minimum atomic E-state index is -4.15. The van der Waals surface area contributed by atoms with Crippen molar-refractivity contribution in [2.24, 2.45) is 0 Å². The van der Waals surface area contributed by atoms with Crippen LogP contribution >= 0.6 is 69.1 Å². The van der Waals surface area contributed by atoms with Crippen molar-refractivity contribution >= 4 is 70.7 Å². The van der Waals surface area contributed by atoms with Gasteiger partial charge in [0.05, 0.1) is 0 Å². The van der Waals surface area contributed by atoms with Crippen molar-refractivity contribution in [1.82, 2.24) is 0 Å². The molecule has 7 heteroatoms. The van der Waals surface area contributed by atoms with Crippen molar-refractivity contribution < 1.29 is 10.6 Å². The molecule has 0 nitrogen and oxygen atoms in total. The molecule has 0 radical (unpaired) electrons. The van der Waals surface area contributed by atoms with Gasteiger partial charge in [0.1, 0.15) is 0 Å². The molecule has 0 N–H and O–H groups in total. The molecule has 0 heterocycles. The summed E-state index contributed by atoms with van der Waals surface area (Å²) in [4.78, 5) is 0. The molecule has 8 heavy (non-hydrogen) atoms. The van der Waals surface area contributed by atoms with Crippen LogP contribution in [0.3, 0.4) is 0 Å². The van der Waals surface area contributed by atoms with E-state index in [1.165, 1.54) is 0 Å². The summed E-state index contributed by atoms with van der Waals surface area (Å²) in [6.45, 7) is 0. The molecule has 0 aliphatic heterocycles. The van der Waals surface area contributed by atoms with Gasteiger partial charge >= 0.3 is 81.3 Å². The zero-order chi connectivity index (χ0) is 7.02. The van der Waals surface area contributed by atoms with E-state index in [0.29, 0.717) is 1.63 Å². The van der Waals surface area contributed by atoms with E-state index in [1.807, 2.05) is 0 Å². The van der Waals surface area contributed by atoms with E-state index in [-0.39, 0.29) is 0 Å². The monoisotopic (exact) mass is 358 g/mol. The Bertz CT molecular complexity index is 139. The Morgan fingerprint density at radius 3 is 1.12 bits per heavy atom. The fourth-order valence-corrected chi connectivity index (χ4v) is 0. The first-order valence-corrected chi connectivity index (χ1v) is 12.3. The molecule has 0 aromatic heterocycles. The number of halogens is 6. The van der Waals surface area contributed by atoms with E-state index < -0.39 is 10.6 Å². The predicted octanol–water partition coefficient (Wildman–Crippen LogP) is 4.17. The molecule has 0 bridgehead atoms. The Morgan fingerprint density at radius 2 is 1.12 bits per heavy atom. The summed E-state index contributed by atoms with van der Waals surface area (Å²) in [5, 5.41) is 0. The van der Waals surface area contributed by atoms with Gasteiger partial charge in [-0.25, -0.2) is 0 Å². The molecular weight excluding hydrogens is 361 g/mol. The molecule has 0 spiro atoms. The van der Waals surface area contributed by atoms with Crippen LogP contribution in [0.1, 0.15) is 0 Å². The van der Waals surface area contributed by atoms with Crippen LogP contribution in [0.15, 0.2) is 0 Å². The number of hydrogen-bond donors (Lipinski definition) is 0. The fraction of sp³-hybridized carbons (Fsp3) is 0. The second-order valence-electron chi connectivity index (χ2n) is 1.07. The SMILES string of the molecule is [Cl][Ti]([Cl])([Cl])([Cl])=[C](Br)Br. The Balaban J connectivity index is 4.92. The topological polar surface area (TPSA) is 0 Å². The Labute approximate surface area is 80.0 Å². The molecule has 0 aliphatic carbocycles. The summed E-state index contributed by atoms with van der Waals surface area (Å²) in [5.41, 5.74) is 0. The third-order valence-corrected chi connectivity index (χ3v) is 18.4. The fourth-order valence-electron chi connectivity index (χ4n) is 0. The van der Waals surface area contributed by atoms with E-state index in [1.54, 1.807) is 0 Å². The van der Waals surface area contributed by atoms with Gasteiger partial charge in [-0.05, 0) is 0 Å². The van der Waals surface area contributed by atoms with Crippen LogP contribution in [-0.2, 0) is 10.6 Å². The first kappa shape index (κ1) is 10.7. The van der Waals surface area contributed by atoms with Gasteiger partial charge in [0.15, 0.2) is 0 Å². The maximum atomic E-state index is 5.48. The van der Waals surface area contributed by atoms with Crippen LogP contribution in [0.4, 0.5) is 0 Å². The van der Waals surface area contributed by atoms with Crippen LogP contribution in [0.2, 0.25) is 0 Å². The zero-order valence-electron chi connectivity index (χ0n) is 3.27. The predicted molar refractivity (Wildman–Crippen MR) is 46.3 cm³/mol. The summed E-state index contributed by atoms with van der Waals surface area (Å²) >= 11 is 5.88. The van der Waals surface area contributed by atoms with Gasteiger partial charge in [-0.15, -0.1) is 0 Å². The molecule has 0 saturated heterocycles. The quantitative estimate of drug-likeness (QED) is 0.568. The molecule has 0 rings (SSSR count). The van der Waals surface area contributed by atoms with Crippen molar-refractivity contribution in [1.29, 1.82) is 0 Å². The minimum absolute atomic E-state index is 0.355. The maximum absolute atomic E-state index is 5.48. The van der Waals surface area contributed by atoms with E-state index in [2.05, 4.69) is 31.9 Å². The average molecular weight is 361 g/mol. The molecule has 0 unspecified atom stereocenters. The molecule has 0 fully saturated rings. The normalized spacial score (nSPS) is 13.9. The molecule has 0 saturated carbocycles. The molecule has 0 aliphatic rings. The Hall–Kier alpha value is 2.70. The summed E-state index contributed by atoms with van der Waals surface area (Å²) in [5.74, 6) is 0. The van der Waals surface area contributed by atoms with Gasteiger partial charge in [0, 0.05) is 0 Å². The van der Waals surface area contributed by atoms with E-state index in [0.717, 1.165) is 0 Å². The molecule has 50 valence electrons. The molecule has 0 aromatic rings. The van der Waals surface area contributed by atoms with Crippen LogP contribution in [0, 0.1) is 0 Å². The number of hydrogen-bond acceptors (Lipinski definition) is 0. The summed E-state index contributed by atoms with van der Waals surface area (Å²) < 4.78 is 0.355. The van der Waals surface area contributed by atoms with Gasteiger partial charge in [0.25, 0.3) is 0 Å². The van der Waals surface area contributed by atoms with Crippen molar-refractivity contribution in [3.8, 4) is 0 Å². The molecule has 0 atom stereocenters. The van der Waals surface area contributed by atoms with Gasteiger partial charge < -0.3 is 0 Å². The second kappa shape index (κ2) is 2.98. The first-order valence-electron chi connectivity index (χ1n) is 1.38. The van der Waals surface area contributed by atoms with Gasteiger partial charge in [0.2, 0.25) is 0 Å².